The number of halogens is 2. The highest BCUT2D eigenvalue weighted by molar-refractivity contribution is 6.31. The zero-order valence-electron chi connectivity index (χ0n) is 22.0. The molecule has 1 aliphatic carbocycles. The summed E-state index contributed by atoms with van der Waals surface area (Å²) in [6.45, 7) is 3.85. The lowest BCUT2D eigenvalue weighted by Crippen LogP contribution is -2.22. The molecule has 1 aliphatic rings. The number of aromatic amines is 1. The number of nitrogens with one attached hydrogen (secondary N) is 1. The molecule has 1 aromatic carbocycles. The maximum Gasteiger partial charge on any atom is 0.142 e. The molecule has 34 heavy (non-hydrogen) atoms. The molecule has 4 aromatic rings. The maximum absolute atomic E-state index is 14.4. The van der Waals surface area contributed by atoms with Crippen molar-refractivity contribution < 1.29 is 18.3 Å². The number of benzene rings is 1. The van der Waals surface area contributed by atoms with Crippen LogP contribution in [-0.2, 0) is 0 Å². The van der Waals surface area contributed by atoms with Crippen molar-refractivity contribution in [1.29, 1.82) is 0 Å². The summed E-state index contributed by atoms with van der Waals surface area (Å²) in [4.78, 5) is 7.75. The fraction of sp³-hybridized carbons (Fsp3) is 0.385. The minimum atomic E-state index is -2.71. The number of nitrogens with zero attached hydrogens (tertiary/aromatic N) is 3. The monoisotopic (exact) mass is 485 g/mol. The summed E-state index contributed by atoms with van der Waals surface area (Å²) in [5.74, 6) is -1.14. The van der Waals surface area contributed by atoms with Gasteiger partial charge in [0.25, 0.3) is 0 Å². The van der Waals surface area contributed by atoms with Crippen LogP contribution in [0.4, 0.5) is 4.39 Å². The first-order valence-electron chi connectivity index (χ1n) is 12.9. The Morgan fingerprint density at radius 1 is 1.29 bits per heavy atom. The molecule has 2 N–H and O–H groups in total. The van der Waals surface area contributed by atoms with Gasteiger partial charge in [0, 0.05) is 46.1 Å². The average molecular weight is 486 g/mol. The van der Waals surface area contributed by atoms with Crippen molar-refractivity contribution in [3.05, 3.63) is 64.5 Å². The molecule has 1 fully saturated rings. The fourth-order valence-corrected chi connectivity index (χ4v) is 5.42. The van der Waals surface area contributed by atoms with E-state index in [0.717, 1.165) is 59.5 Å². The van der Waals surface area contributed by atoms with Crippen LogP contribution in [0.15, 0.2) is 36.8 Å². The van der Waals surface area contributed by atoms with Crippen LogP contribution in [0.3, 0.4) is 0 Å². The van der Waals surface area contributed by atoms with Gasteiger partial charge in [0.1, 0.15) is 17.2 Å². The topological polar surface area (TPSA) is 76.0 Å². The molecule has 8 heteroatoms. The third-order valence-electron chi connectivity index (χ3n) is 7.03. The van der Waals surface area contributed by atoms with Gasteiger partial charge in [-0.15, -0.1) is 0 Å². The van der Waals surface area contributed by atoms with E-state index in [1.165, 1.54) is 6.07 Å². The Labute approximate surface area is 206 Å². The van der Waals surface area contributed by atoms with Crippen LogP contribution >= 0.6 is 11.6 Å². The van der Waals surface area contributed by atoms with Gasteiger partial charge in [0.05, 0.1) is 34.5 Å². The Balaban J connectivity index is 1.54. The number of hydrogen-bond acceptors (Lipinski definition) is 4. The number of ether oxygens (including phenoxy) is 1. The Morgan fingerprint density at radius 3 is 2.85 bits per heavy atom. The molecular weight excluding hydrogens is 455 g/mol. The number of H-pyrrole nitrogens is 1. The van der Waals surface area contributed by atoms with E-state index in [1.807, 2.05) is 30.8 Å². The molecule has 3 aromatic heterocycles. The van der Waals surface area contributed by atoms with E-state index in [0.29, 0.717) is 5.65 Å². The molecule has 0 radical (unpaired) electrons. The van der Waals surface area contributed by atoms with E-state index in [9.17, 15) is 9.50 Å². The number of pyridine rings is 1. The Hall–Kier alpha value is -2.90. The molecule has 6 nitrogen and oxygen atoms in total. The number of aliphatic hydroxyl groups is 1. The van der Waals surface area contributed by atoms with Crippen molar-refractivity contribution in [2.75, 3.05) is 7.04 Å². The zero-order valence-corrected chi connectivity index (χ0v) is 19.7. The van der Waals surface area contributed by atoms with Crippen molar-refractivity contribution in [1.82, 2.24) is 19.7 Å². The summed E-state index contributed by atoms with van der Waals surface area (Å²) in [5.41, 5.74) is 4.53. The van der Waals surface area contributed by atoms with Crippen LogP contribution in [-0.4, -0.2) is 38.0 Å². The van der Waals surface area contributed by atoms with Crippen molar-refractivity contribution in [2.24, 2.45) is 0 Å². The van der Waals surface area contributed by atoms with Crippen LogP contribution in [0, 0.1) is 12.7 Å². The van der Waals surface area contributed by atoms with E-state index in [4.69, 9.17) is 20.5 Å². The predicted octanol–water partition coefficient (Wildman–Crippen LogP) is 6.16. The summed E-state index contributed by atoms with van der Waals surface area (Å²) in [6.07, 6.45) is 8.47. The lowest BCUT2D eigenvalue weighted by Gasteiger charge is -2.26. The molecule has 0 unspecified atom stereocenters. The minimum absolute atomic E-state index is 0.00656. The standard InChI is InChI=1S/C26H28ClFN4O2/c1-14(24-23(34-3)9-8-22(28)25(24)27)20-12-30-26-19(20)10-16(11-29-26)21-13-31-32(15(21)2)17-4-6-18(33)7-5-17/h8-14,17-18,33H,4-7H2,1-3H3,(H,29,30)/t14-,17-,18-/m0/s1/i3D3. The molecule has 178 valence electrons. The Bertz CT molecular complexity index is 1440. The number of aromatic nitrogens is 4. The van der Waals surface area contributed by atoms with E-state index in [1.54, 1.807) is 12.4 Å². The normalized spacial score (nSPS) is 21.1. The minimum Gasteiger partial charge on any atom is -0.496 e. The Morgan fingerprint density at radius 2 is 2.09 bits per heavy atom. The van der Waals surface area contributed by atoms with Gasteiger partial charge < -0.3 is 14.8 Å². The van der Waals surface area contributed by atoms with Crippen LogP contribution in [0.5, 0.6) is 5.75 Å². The van der Waals surface area contributed by atoms with E-state index in [-0.39, 0.29) is 28.5 Å². The molecule has 1 saturated carbocycles. The van der Waals surface area contributed by atoms with Crippen molar-refractivity contribution >= 4 is 22.6 Å². The summed E-state index contributed by atoms with van der Waals surface area (Å²) < 4.78 is 44.2. The van der Waals surface area contributed by atoms with E-state index in [2.05, 4.69) is 15.1 Å². The van der Waals surface area contributed by atoms with Gasteiger partial charge in [0.2, 0.25) is 0 Å². The number of aliphatic hydroxyl groups excluding tert-OH is 1. The third-order valence-corrected chi connectivity index (χ3v) is 7.42. The molecule has 1 atom stereocenters. The Kier molecular flexibility index (Phi) is 5.16. The van der Waals surface area contributed by atoms with Crippen molar-refractivity contribution in [3.63, 3.8) is 0 Å². The molecule has 0 saturated heterocycles. The van der Waals surface area contributed by atoms with Gasteiger partial charge in [0.15, 0.2) is 0 Å². The number of rotatable bonds is 5. The van der Waals surface area contributed by atoms with Crippen LogP contribution < -0.4 is 4.74 Å². The van der Waals surface area contributed by atoms with Crippen LogP contribution in [0.1, 0.15) is 65.5 Å². The quantitative estimate of drug-likeness (QED) is 0.354. The highest BCUT2D eigenvalue weighted by Crippen LogP contribution is 2.41. The predicted molar refractivity (Wildman–Crippen MR) is 131 cm³/mol. The van der Waals surface area contributed by atoms with Crippen molar-refractivity contribution in [2.45, 2.75) is 57.6 Å². The van der Waals surface area contributed by atoms with E-state index >= 15 is 0 Å². The largest absolute Gasteiger partial charge is 0.496 e. The first kappa shape index (κ1) is 19.4. The van der Waals surface area contributed by atoms with Gasteiger partial charge in [-0.1, -0.05) is 18.5 Å². The lowest BCUT2D eigenvalue weighted by atomic mass is 9.91. The average Bonchev–Trinajstić information content (AvgIpc) is 3.44. The van der Waals surface area contributed by atoms with Gasteiger partial charge in [-0.2, -0.15) is 5.10 Å². The second kappa shape index (κ2) is 9.04. The van der Waals surface area contributed by atoms with Crippen LogP contribution in [0.2, 0.25) is 5.02 Å². The molecule has 0 amide bonds. The molecule has 0 bridgehead atoms. The highest BCUT2D eigenvalue weighted by atomic mass is 35.5. The first-order valence-corrected chi connectivity index (χ1v) is 11.8. The van der Waals surface area contributed by atoms with E-state index < -0.39 is 18.8 Å². The van der Waals surface area contributed by atoms with Gasteiger partial charge in [-0.25, -0.2) is 9.37 Å². The molecule has 3 heterocycles. The second-order valence-corrected chi connectivity index (χ2v) is 9.39. The van der Waals surface area contributed by atoms with Crippen LogP contribution in [0.25, 0.3) is 22.2 Å². The molecule has 5 rings (SSSR count). The smallest absolute Gasteiger partial charge is 0.142 e. The molecule has 0 aliphatic heterocycles. The summed E-state index contributed by atoms with van der Waals surface area (Å²) in [7, 11) is -2.71. The number of methoxy groups -OCH3 is 1. The molecular formula is C26H28ClFN4O2. The summed E-state index contributed by atoms with van der Waals surface area (Å²) >= 11 is 6.33. The number of fused-ring (bicyclic) bond motifs is 1. The highest BCUT2D eigenvalue weighted by Gasteiger charge is 2.25. The van der Waals surface area contributed by atoms with Gasteiger partial charge in [-0.3, -0.25) is 4.68 Å². The summed E-state index contributed by atoms with van der Waals surface area (Å²) in [6, 6.07) is 4.65. The van der Waals surface area contributed by atoms with Gasteiger partial charge >= 0.3 is 0 Å². The first-order chi connectivity index (χ1) is 17.5. The third kappa shape index (κ3) is 3.87. The van der Waals surface area contributed by atoms with Crippen molar-refractivity contribution in [3.8, 4) is 16.9 Å². The second-order valence-electron chi connectivity index (χ2n) is 9.01. The lowest BCUT2D eigenvalue weighted by molar-refractivity contribution is 0.107. The fourth-order valence-electron chi connectivity index (χ4n) is 5.10. The number of hydrogen-bond donors (Lipinski definition) is 2. The molecule has 0 spiro atoms. The summed E-state index contributed by atoms with van der Waals surface area (Å²) in [5, 5.41) is 15.1. The zero-order chi connectivity index (χ0) is 26.5. The van der Waals surface area contributed by atoms with Gasteiger partial charge in [-0.05, 0) is 56.4 Å². The SMILES string of the molecule is [2H]C([2H])([2H])Oc1ccc(F)c(Cl)c1[C@@H](C)c1c[nH]c2ncc(-c3cnn([C@H]4CC[C@H](O)CC4)c3C)cc12. The maximum atomic E-state index is 14.4.